The zero-order chi connectivity index (χ0) is 15.4. The first-order valence-corrected chi connectivity index (χ1v) is 7.93. The number of anilines is 1. The molecule has 3 heterocycles. The lowest BCUT2D eigenvalue weighted by molar-refractivity contribution is 0.190. The van der Waals surface area contributed by atoms with Crippen LogP contribution in [0.2, 0.25) is 0 Å². The lowest BCUT2D eigenvalue weighted by atomic mass is 10.0. The highest BCUT2D eigenvalue weighted by Gasteiger charge is 2.15. The van der Waals surface area contributed by atoms with Gasteiger partial charge in [0.15, 0.2) is 5.82 Å². The lowest BCUT2D eigenvalue weighted by Crippen LogP contribution is -2.37. The van der Waals surface area contributed by atoms with E-state index in [1.807, 2.05) is 19.1 Å². The molecule has 1 saturated heterocycles. The highest BCUT2D eigenvalue weighted by Crippen LogP contribution is 2.19. The van der Waals surface area contributed by atoms with E-state index in [2.05, 4.69) is 32.3 Å². The van der Waals surface area contributed by atoms with Crippen molar-refractivity contribution in [3.63, 3.8) is 0 Å². The number of aromatic nitrogens is 3. The molecule has 1 N–H and O–H groups in total. The van der Waals surface area contributed by atoms with Crippen molar-refractivity contribution in [2.75, 3.05) is 31.5 Å². The van der Waals surface area contributed by atoms with Gasteiger partial charge in [-0.25, -0.2) is 4.98 Å². The van der Waals surface area contributed by atoms with E-state index >= 15 is 0 Å². The molecular weight excluding hydrogens is 278 g/mol. The number of rotatable bonds is 5. The van der Waals surface area contributed by atoms with Gasteiger partial charge in [0.1, 0.15) is 5.82 Å². The van der Waals surface area contributed by atoms with Crippen molar-refractivity contribution in [1.82, 2.24) is 20.0 Å². The number of hydrogen-bond acceptors (Lipinski definition) is 6. The molecule has 1 fully saturated rings. The number of hydrogen-bond donors (Lipinski definition) is 1. The molecule has 1 aliphatic heterocycles. The Balaban J connectivity index is 1.54. The number of aryl methyl sites for hydroxylation is 1. The lowest BCUT2D eigenvalue weighted by Gasteiger charge is -2.30. The van der Waals surface area contributed by atoms with Gasteiger partial charge in [0.05, 0.1) is 0 Å². The van der Waals surface area contributed by atoms with Gasteiger partial charge in [0.2, 0.25) is 0 Å². The number of pyridine rings is 1. The van der Waals surface area contributed by atoms with Crippen LogP contribution in [0.15, 0.2) is 22.9 Å². The number of nitrogens with one attached hydrogen (secondary N) is 1. The first kappa shape index (κ1) is 15.0. The predicted molar refractivity (Wildman–Crippen MR) is 85.6 cm³/mol. The van der Waals surface area contributed by atoms with Crippen molar-refractivity contribution < 1.29 is 4.52 Å². The highest BCUT2D eigenvalue weighted by molar-refractivity contribution is 5.57. The Kier molecular flexibility index (Phi) is 4.68. The number of piperidine rings is 1. The van der Waals surface area contributed by atoms with Crippen molar-refractivity contribution >= 4 is 5.82 Å². The zero-order valence-electron chi connectivity index (χ0n) is 13.2. The van der Waals surface area contributed by atoms with Gasteiger partial charge in [0.25, 0.3) is 5.89 Å². The Morgan fingerprint density at radius 3 is 3.14 bits per heavy atom. The van der Waals surface area contributed by atoms with Crippen LogP contribution in [0.1, 0.15) is 25.6 Å². The fraction of sp³-hybridized carbons (Fsp3) is 0.562. The van der Waals surface area contributed by atoms with Gasteiger partial charge < -0.3 is 14.7 Å². The number of nitrogens with zero attached hydrogens (tertiary/aromatic N) is 4. The molecule has 0 amide bonds. The molecule has 0 aromatic carbocycles. The fourth-order valence-electron chi connectivity index (χ4n) is 2.91. The van der Waals surface area contributed by atoms with E-state index in [0.717, 1.165) is 30.4 Å². The molecule has 0 aliphatic carbocycles. The molecule has 0 bridgehead atoms. The van der Waals surface area contributed by atoms with E-state index in [-0.39, 0.29) is 0 Å². The summed E-state index contributed by atoms with van der Waals surface area (Å²) in [7, 11) is 0. The van der Waals surface area contributed by atoms with Crippen molar-refractivity contribution in [2.45, 2.75) is 26.7 Å². The van der Waals surface area contributed by atoms with E-state index in [1.165, 1.54) is 25.9 Å². The maximum atomic E-state index is 5.19. The monoisotopic (exact) mass is 301 g/mol. The highest BCUT2D eigenvalue weighted by atomic mass is 16.5. The normalized spacial score (nSPS) is 19.3. The van der Waals surface area contributed by atoms with E-state index in [1.54, 1.807) is 6.20 Å². The Bertz CT molecular complexity index is 612. The van der Waals surface area contributed by atoms with Gasteiger partial charge in [-0.1, -0.05) is 12.1 Å². The molecule has 1 aliphatic rings. The van der Waals surface area contributed by atoms with E-state index < -0.39 is 0 Å². The minimum Gasteiger partial charge on any atom is -0.369 e. The Morgan fingerprint density at radius 2 is 2.36 bits per heavy atom. The molecule has 2 aromatic rings. The summed E-state index contributed by atoms with van der Waals surface area (Å²) in [4.78, 5) is 11.1. The van der Waals surface area contributed by atoms with Gasteiger partial charge >= 0.3 is 0 Å². The molecule has 6 nitrogen and oxygen atoms in total. The maximum Gasteiger partial charge on any atom is 0.258 e. The molecule has 2 aromatic heterocycles. The summed E-state index contributed by atoms with van der Waals surface area (Å²) < 4.78 is 5.19. The average Bonchev–Trinajstić information content (AvgIpc) is 2.94. The van der Waals surface area contributed by atoms with Crippen LogP contribution in [0.3, 0.4) is 0 Å². The van der Waals surface area contributed by atoms with Gasteiger partial charge in [-0.3, -0.25) is 0 Å². The van der Waals surface area contributed by atoms with Crippen LogP contribution >= 0.6 is 0 Å². The zero-order valence-corrected chi connectivity index (χ0v) is 13.2. The standard InChI is InChI=1S/C16H23N5O/c1-12-4-3-8-21(11-12)9-7-18-15-10-14(5-6-17-15)16-19-13(2)20-22-16/h5-6,10,12H,3-4,7-9,11H2,1-2H3,(H,17,18)/t12-/m1/s1. The smallest absolute Gasteiger partial charge is 0.258 e. The van der Waals surface area contributed by atoms with Gasteiger partial charge in [0, 0.05) is 31.4 Å². The van der Waals surface area contributed by atoms with Crippen LogP contribution in [0.25, 0.3) is 11.5 Å². The van der Waals surface area contributed by atoms with Crippen LogP contribution in [0.4, 0.5) is 5.82 Å². The third-order valence-corrected chi connectivity index (χ3v) is 4.01. The van der Waals surface area contributed by atoms with Crippen molar-refractivity contribution in [2.24, 2.45) is 5.92 Å². The Morgan fingerprint density at radius 1 is 1.45 bits per heavy atom. The first-order valence-electron chi connectivity index (χ1n) is 7.93. The quantitative estimate of drug-likeness (QED) is 0.915. The maximum absolute atomic E-state index is 5.19. The summed E-state index contributed by atoms with van der Waals surface area (Å²) in [5.41, 5.74) is 0.893. The van der Waals surface area contributed by atoms with Crippen LogP contribution in [0, 0.1) is 12.8 Å². The molecule has 0 saturated carbocycles. The van der Waals surface area contributed by atoms with Gasteiger partial charge in [-0.15, -0.1) is 0 Å². The molecule has 6 heteroatoms. The summed E-state index contributed by atoms with van der Waals surface area (Å²) in [5.74, 6) is 2.84. The molecule has 0 radical (unpaired) electrons. The van der Waals surface area contributed by atoms with Crippen LogP contribution < -0.4 is 5.32 Å². The molecule has 1 atom stereocenters. The van der Waals surface area contributed by atoms with Crippen LogP contribution in [0.5, 0.6) is 0 Å². The van der Waals surface area contributed by atoms with E-state index in [4.69, 9.17) is 4.52 Å². The second-order valence-corrected chi connectivity index (χ2v) is 6.05. The molecule has 0 unspecified atom stereocenters. The van der Waals surface area contributed by atoms with Crippen LogP contribution in [-0.2, 0) is 0 Å². The summed E-state index contributed by atoms with van der Waals surface area (Å²) in [6.45, 7) is 8.50. The first-order chi connectivity index (χ1) is 10.7. The average molecular weight is 301 g/mol. The predicted octanol–water partition coefficient (Wildman–Crippen LogP) is 2.58. The topological polar surface area (TPSA) is 67.1 Å². The van der Waals surface area contributed by atoms with Gasteiger partial charge in [-0.05, 0) is 44.4 Å². The summed E-state index contributed by atoms with van der Waals surface area (Å²) in [6, 6.07) is 3.83. The molecule has 3 rings (SSSR count). The molecule has 0 spiro atoms. The van der Waals surface area contributed by atoms with Crippen molar-refractivity contribution in [3.8, 4) is 11.5 Å². The minimum absolute atomic E-state index is 0.535. The van der Waals surface area contributed by atoms with Crippen molar-refractivity contribution in [1.29, 1.82) is 0 Å². The second kappa shape index (κ2) is 6.87. The van der Waals surface area contributed by atoms with Crippen molar-refractivity contribution in [3.05, 3.63) is 24.2 Å². The van der Waals surface area contributed by atoms with Crippen LogP contribution in [-0.4, -0.2) is 46.2 Å². The third-order valence-electron chi connectivity index (χ3n) is 4.01. The molecule has 22 heavy (non-hydrogen) atoms. The summed E-state index contributed by atoms with van der Waals surface area (Å²) in [5, 5.41) is 7.20. The molecular formula is C16H23N5O. The summed E-state index contributed by atoms with van der Waals surface area (Å²) in [6.07, 6.45) is 4.43. The Hall–Kier alpha value is -1.95. The molecule has 118 valence electrons. The third kappa shape index (κ3) is 3.82. The Labute approximate surface area is 130 Å². The van der Waals surface area contributed by atoms with E-state index in [0.29, 0.717) is 11.7 Å². The fourth-order valence-corrected chi connectivity index (χ4v) is 2.91. The minimum atomic E-state index is 0.535. The SMILES string of the molecule is Cc1noc(-c2ccnc(NCCN3CCC[C@@H](C)C3)c2)n1. The van der Waals surface area contributed by atoms with E-state index in [9.17, 15) is 0 Å². The largest absolute Gasteiger partial charge is 0.369 e. The van der Waals surface area contributed by atoms with Gasteiger partial charge in [-0.2, -0.15) is 4.98 Å². The summed E-state index contributed by atoms with van der Waals surface area (Å²) >= 11 is 0. The number of likely N-dealkylation sites (tertiary alicyclic amines) is 1. The second-order valence-electron chi connectivity index (χ2n) is 6.05.